The predicted molar refractivity (Wildman–Crippen MR) is 95.2 cm³/mol. The smallest absolute Gasteiger partial charge is 0.264 e. The van der Waals surface area contributed by atoms with E-state index in [1.54, 1.807) is 28.9 Å². The molecule has 0 saturated carbocycles. The van der Waals surface area contributed by atoms with Gasteiger partial charge in [0.25, 0.3) is 5.56 Å². The number of ether oxygens (including phenoxy) is 1. The first-order chi connectivity index (χ1) is 12.3. The Labute approximate surface area is 143 Å². The third-order valence-corrected chi connectivity index (χ3v) is 4.09. The zero-order chi connectivity index (χ0) is 17.2. The fraction of sp³-hybridized carbons (Fsp3) is 0.105. The van der Waals surface area contributed by atoms with E-state index in [1.165, 1.54) is 0 Å². The van der Waals surface area contributed by atoms with Crippen LogP contribution in [0, 0.1) is 0 Å². The van der Waals surface area contributed by atoms with Gasteiger partial charge in [0, 0.05) is 5.56 Å². The lowest BCUT2D eigenvalue weighted by Gasteiger charge is -2.10. The van der Waals surface area contributed by atoms with Crippen molar-refractivity contribution in [3.8, 4) is 11.4 Å². The van der Waals surface area contributed by atoms with Crippen LogP contribution in [0.3, 0.4) is 0 Å². The van der Waals surface area contributed by atoms with Crippen LogP contribution in [0.15, 0.2) is 71.9 Å². The molecule has 0 bridgehead atoms. The molecule has 4 aromatic rings. The summed E-state index contributed by atoms with van der Waals surface area (Å²) in [7, 11) is 1.62. The first kappa shape index (κ1) is 15.1. The van der Waals surface area contributed by atoms with Gasteiger partial charge in [0.2, 0.25) is 0 Å². The molecule has 0 N–H and O–H groups in total. The Hall–Kier alpha value is -3.41. The molecule has 0 amide bonds. The van der Waals surface area contributed by atoms with E-state index in [0.717, 1.165) is 17.0 Å². The Bertz CT molecular complexity index is 1080. The molecule has 6 heteroatoms. The molecule has 25 heavy (non-hydrogen) atoms. The van der Waals surface area contributed by atoms with E-state index in [-0.39, 0.29) is 5.56 Å². The van der Waals surface area contributed by atoms with Crippen LogP contribution in [0.4, 0.5) is 0 Å². The molecule has 6 nitrogen and oxygen atoms in total. The molecule has 2 aromatic heterocycles. The summed E-state index contributed by atoms with van der Waals surface area (Å²) in [6.45, 7) is 0.391. The Balaban J connectivity index is 1.78. The summed E-state index contributed by atoms with van der Waals surface area (Å²) in [4.78, 5) is 17.3. The van der Waals surface area contributed by atoms with Crippen molar-refractivity contribution in [2.75, 3.05) is 7.11 Å². The molecule has 0 aliphatic rings. The van der Waals surface area contributed by atoms with Gasteiger partial charge < -0.3 is 4.74 Å². The Morgan fingerprint density at radius 2 is 1.80 bits per heavy atom. The highest BCUT2D eigenvalue weighted by Gasteiger charge is 2.12. The Kier molecular flexibility index (Phi) is 3.78. The number of fused-ring (bicyclic) bond motifs is 1. The molecule has 0 saturated heterocycles. The van der Waals surface area contributed by atoms with Crippen LogP contribution in [0.5, 0.6) is 5.75 Å². The average Bonchev–Trinajstić information content (AvgIpc) is 3.10. The Morgan fingerprint density at radius 3 is 2.60 bits per heavy atom. The highest BCUT2D eigenvalue weighted by molar-refractivity contribution is 5.74. The van der Waals surface area contributed by atoms with Gasteiger partial charge in [-0.1, -0.05) is 36.4 Å². The number of aromatic nitrogens is 4. The zero-order valence-electron chi connectivity index (χ0n) is 13.7. The second-order valence-corrected chi connectivity index (χ2v) is 5.62. The normalized spacial score (nSPS) is 10.9. The van der Waals surface area contributed by atoms with Crippen LogP contribution in [-0.2, 0) is 6.54 Å². The number of hydrogen-bond donors (Lipinski definition) is 0. The molecule has 124 valence electrons. The van der Waals surface area contributed by atoms with Crippen molar-refractivity contribution < 1.29 is 4.74 Å². The van der Waals surface area contributed by atoms with E-state index in [9.17, 15) is 4.79 Å². The van der Waals surface area contributed by atoms with Gasteiger partial charge in [-0.3, -0.25) is 9.36 Å². The second kappa shape index (κ2) is 6.24. The molecule has 2 aromatic carbocycles. The van der Waals surface area contributed by atoms with Gasteiger partial charge in [0.05, 0.1) is 25.5 Å². The van der Waals surface area contributed by atoms with Crippen molar-refractivity contribution in [1.29, 1.82) is 0 Å². The fourth-order valence-corrected chi connectivity index (χ4v) is 2.84. The third kappa shape index (κ3) is 2.67. The number of benzene rings is 2. The molecule has 0 spiro atoms. The summed E-state index contributed by atoms with van der Waals surface area (Å²) >= 11 is 0. The molecular weight excluding hydrogens is 316 g/mol. The van der Waals surface area contributed by atoms with Crippen LogP contribution in [-0.4, -0.2) is 26.4 Å². The highest BCUT2D eigenvalue weighted by Crippen LogP contribution is 2.18. The van der Waals surface area contributed by atoms with E-state index in [1.807, 2.05) is 54.6 Å². The summed E-state index contributed by atoms with van der Waals surface area (Å²) in [6.07, 6.45) is 3.12. The first-order valence-corrected chi connectivity index (χ1v) is 7.88. The number of hydrogen-bond acceptors (Lipinski definition) is 4. The number of para-hydroxylation sites is 2. The lowest BCUT2D eigenvalue weighted by atomic mass is 10.2. The topological polar surface area (TPSA) is 61.9 Å². The quantitative estimate of drug-likeness (QED) is 0.576. The molecule has 0 atom stereocenters. The average molecular weight is 332 g/mol. The lowest BCUT2D eigenvalue weighted by Crippen LogP contribution is -2.21. The molecular formula is C19H16N4O2. The monoisotopic (exact) mass is 332 g/mol. The Morgan fingerprint density at radius 1 is 1.04 bits per heavy atom. The standard InChI is InChI=1S/C19H16N4O2/c1-25-17-10-6-5-7-14(17)12-22-13-20-18-16(19(22)24)11-21-23(18)15-8-3-2-4-9-15/h2-11,13H,12H2,1H3. The van der Waals surface area contributed by atoms with Crippen LogP contribution >= 0.6 is 0 Å². The number of nitrogens with zero attached hydrogens (tertiary/aromatic N) is 4. The van der Waals surface area contributed by atoms with Crippen LogP contribution < -0.4 is 10.3 Å². The van der Waals surface area contributed by atoms with Gasteiger partial charge >= 0.3 is 0 Å². The van der Waals surface area contributed by atoms with Crippen molar-refractivity contribution in [2.24, 2.45) is 0 Å². The SMILES string of the molecule is COc1ccccc1Cn1cnc2c(cnn2-c2ccccc2)c1=O. The van der Waals surface area contributed by atoms with Gasteiger partial charge in [0.15, 0.2) is 5.65 Å². The first-order valence-electron chi connectivity index (χ1n) is 7.88. The minimum absolute atomic E-state index is 0.127. The van der Waals surface area contributed by atoms with E-state index in [2.05, 4.69) is 10.1 Å². The van der Waals surface area contributed by atoms with E-state index in [4.69, 9.17) is 4.74 Å². The summed E-state index contributed by atoms with van der Waals surface area (Å²) in [5.41, 5.74) is 2.21. The van der Waals surface area contributed by atoms with Crippen LogP contribution in [0.2, 0.25) is 0 Å². The maximum Gasteiger partial charge on any atom is 0.264 e. The summed E-state index contributed by atoms with van der Waals surface area (Å²) < 4.78 is 8.59. The largest absolute Gasteiger partial charge is 0.496 e. The summed E-state index contributed by atoms with van der Waals surface area (Å²) in [5.74, 6) is 0.745. The molecule has 0 unspecified atom stereocenters. The van der Waals surface area contributed by atoms with Crippen LogP contribution in [0.25, 0.3) is 16.7 Å². The van der Waals surface area contributed by atoms with Crippen molar-refractivity contribution in [3.63, 3.8) is 0 Å². The molecule has 0 aliphatic heterocycles. The molecule has 0 radical (unpaired) electrons. The zero-order valence-corrected chi connectivity index (χ0v) is 13.7. The lowest BCUT2D eigenvalue weighted by molar-refractivity contribution is 0.408. The predicted octanol–water partition coefficient (Wildman–Crippen LogP) is 2.64. The van der Waals surface area contributed by atoms with Gasteiger partial charge in [-0.15, -0.1) is 0 Å². The van der Waals surface area contributed by atoms with Crippen molar-refractivity contribution in [1.82, 2.24) is 19.3 Å². The number of rotatable bonds is 4. The van der Waals surface area contributed by atoms with Crippen molar-refractivity contribution in [2.45, 2.75) is 6.54 Å². The summed E-state index contributed by atoms with van der Waals surface area (Å²) in [5, 5.41) is 4.81. The van der Waals surface area contributed by atoms with Gasteiger partial charge in [-0.05, 0) is 18.2 Å². The summed E-state index contributed by atoms with van der Waals surface area (Å²) in [6, 6.07) is 17.3. The fourth-order valence-electron chi connectivity index (χ4n) is 2.84. The van der Waals surface area contributed by atoms with Gasteiger partial charge in [-0.2, -0.15) is 5.10 Å². The molecule has 0 aliphatic carbocycles. The van der Waals surface area contributed by atoms with Gasteiger partial charge in [-0.25, -0.2) is 9.67 Å². The van der Waals surface area contributed by atoms with Crippen LogP contribution in [0.1, 0.15) is 5.56 Å². The minimum atomic E-state index is -0.127. The van der Waals surface area contributed by atoms with E-state index < -0.39 is 0 Å². The number of methoxy groups -OCH3 is 1. The molecule has 4 rings (SSSR count). The highest BCUT2D eigenvalue weighted by atomic mass is 16.5. The van der Waals surface area contributed by atoms with Crippen molar-refractivity contribution >= 4 is 11.0 Å². The maximum atomic E-state index is 12.8. The van der Waals surface area contributed by atoms with Gasteiger partial charge in [0.1, 0.15) is 17.5 Å². The van der Waals surface area contributed by atoms with E-state index in [0.29, 0.717) is 17.6 Å². The molecule has 2 heterocycles. The molecule has 0 fully saturated rings. The minimum Gasteiger partial charge on any atom is -0.496 e. The maximum absolute atomic E-state index is 12.8. The van der Waals surface area contributed by atoms with E-state index >= 15 is 0 Å². The third-order valence-electron chi connectivity index (χ3n) is 4.09. The van der Waals surface area contributed by atoms with Crippen molar-refractivity contribution in [3.05, 3.63) is 83.0 Å². The second-order valence-electron chi connectivity index (χ2n) is 5.62.